The topological polar surface area (TPSA) is 27.6 Å². The van der Waals surface area contributed by atoms with E-state index in [1.807, 2.05) is 0 Å². The highest BCUT2D eigenvalue weighted by atomic mass is 15.3. The van der Waals surface area contributed by atoms with Crippen LogP contribution in [0.5, 0.6) is 0 Å². The van der Waals surface area contributed by atoms with Gasteiger partial charge in [0.1, 0.15) is 0 Å². The Balaban J connectivity index is 2.44. The molecule has 58 valence electrons. The SMILES string of the molecule is CCNC1=NCCCN1C. The molecule has 0 aliphatic carbocycles. The van der Waals surface area contributed by atoms with Gasteiger partial charge in [0, 0.05) is 26.7 Å². The Labute approximate surface area is 62.1 Å². The van der Waals surface area contributed by atoms with Crippen LogP contribution in [-0.2, 0) is 0 Å². The molecular weight excluding hydrogens is 126 g/mol. The Kier molecular flexibility index (Phi) is 2.54. The number of hydrogen-bond acceptors (Lipinski definition) is 3. The summed E-state index contributed by atoms with van der Waals surface area (Å²) < 4.78 is 0. The number of nitrogens with zero attached hydrogens (tertiary/aromatic N) is 2. The van der Waals surface area contributed by atoms with E-state index in [0.717, 1.165) is 25.6 Å². The molecule has 0 spiro atoms. The summed E-state index contributed by atoms with van der Waals surface area (Å²) in [6.07, 6.45) is 1.19. The normalized spacial score (nSPS) is 18.6. The predicted molar refractivity (Wildman–Crippen MR) is 43.2 cm³/mol. The minimum absolute atomic E-state index is 0.961. The Morgan fingerprint density at radius 3 is 3.10 bits per heavy atom. The van der Waals surface area contributed by atoms with Crippen LogP contribution in [0, 0.1) is 0 Å². The third kappa shape index (κ3) is 1.62. The molecular formula is C7H15N3. The summed E-state index contributed by atoms with van der Waals surface area (Å²) in [4.78, 5) is 6.49. The van der Waals surface area contributed by atoms with Crippen molar-refractivity contribution in [1.82, 2.24) is 10.2 Å². The van der Waals surface area contributed by atoms with Gasteiger partial charge in [-0.3, -0.25) is 4.99 Å². The van der Waals surface area contributed by atoms with Crippen molar-refractivity contribution in [1.29, 1.82) is 0 Å². The summed E-state index contributed by atoms with van der Waals surface area (Å²) in [5.41, 5.74) is 0. The molecule has 0 amide bonds. The van der Waals surface area contributed by atoms with Crippen molar-refractivity contribution in [3.05, 3.63) is 0 Å². The second kappa shape index (κ2) is 3.44. The molecule has 0 unspecified atom stereocenters. The van der Waals surface area contributed by atoms with Crippen molar-refractivity contribution in [2.45, 2.75) is 13.3 Å². The third-order valence-corrected chi connectivity index (χ3v) is 1.61. The van der Waals surface area contributed by atoms with E-state index in [4.69, 9.17) is 0 Å². The Morgan fingerprint density at radius 2 is 2.50 bits per heavy atom. The maximum absolute atomic E-state index is 4.33. The van der Waals surface area contributed by atoms with E-state index >= 15 is 0 Å². The average Bonchev–Trinajstić information content (AvgIpc) is 1.94. The highest BCUT2D eigenvalue weighted by molar-refractivity contribution is 5.80. The molecule has 0 radical (unpaired) electrons. The first-order chi connectivity index (χ1) is 4.84. The zero-order chi connectivity index (χ0) is 7.40. The van der Waals surface area contributed by atoms with Gasteiger partial charge in [0.05, 0.1) is 0 Å². The van der Waals surface area contributed by atoms with Gasteiger partial charge < -0.3 is 10.2 Å². The largest absolute Gasteiger partial charge is 0.357 e. The molecule has 0 saturated carbocycles. The first-order valence-corrected chi connectivity index (χ1v) is 3.84. The van der Waals surface area contributed by atoms with Gasteiger partial charge in [-0.15, -0.1) is 0 Å². The van der Waals surface area contributed by atoms with Crippen LogP contribution in [0.25, 0.3) is 0 Å². The summed E-state index contributed by atoms with van der Waals surface area (Å²) in [6, 6.07) is 0. The second-order valence-electron chi connectivity index (χ2n) is 2.51. The number of guanidine groups is 1. The van der Waals surface area contributed by atoms with E-state index in [1.165, 1.54) is 6.42 Å². The van der Waals surface area contributed by atoms with E-state index in [9.17, 15) is 0 Å². The average molecular weight is 141 g/mol. The lowest BCUT2D eigenvalue weighted by Crippen LogP contribution is -2.41. The van der Waals surface area contributed by atoms with Gasteiger partial charge in [-0.05, 0) is 13.3 Å². The van der Waals surface area contributed by atoms with Crippen LogP contribution in [0.3, 0.4) is 0 Å². The van der Waals surface area contributed by atoms with Crippen LogP contribution >= 0.6 is 0 Å². The minimum atomic E-state index is 0.961. The van der Waals surface area contributed by atoms with E-state index in [1.54, 1.807) is 0 Å². The standard InChI is InChI=1S/C7H15N3/c1-3-8-7-9-5-4-6-10(7)2/h3-6H2,1-2H3,(H,8,9). The van der Waals surface area contributed by atoms with E-state index in [-0.39, 0.29) is 0 Å². The van der Waals surface area contributed by atoms with E-state index in [2.05, 4.69) is 29.2 Å². The van der Waals surface area contributed by atoms with Gasteiger partial charge >= 0.3 is 0 Å². The third-order valence-electron chi connectivity index (χ3n) is 1.61. The molecule has 0 saturated heterocycles. The van der Waals surface area contributed by atoms with E-state index < -0.39 is 0 Å². The van der Waals surface area contributed by atoms with Crippen molar-refractivity contribution in [3.63, 3.8) is 0 Å². The molecule has 0 fully saturated rings. The van der Waals surface area contributed by atoms with Crippen LogP contribution in [0.1, 0.15) is 13.3 Å². The van der Waals surface area contributed by atoms with Gasteiger partial charge in [0.25, 0.3) is 0 Å². The summed E-state index contributed by atoms with van der Waals surface area (Å²) in [6.45, 7) is 5.16. The maximum Gasteiger partial charge on any atom is 0.193 e. The molecule has 0 aromatic heterocycles. The van der Waals surface area contributed by atoms with Crippen molar-refractivity contribution in [2.24, 2.45) is 4.99 Å². The number of hydrogen-bond donors (Lipinski definition) is 1. The van der Waals surface area contributed by atoms with Crippen LogP contribution in [0.2, 0.25) is 0 Å². The molecule has 10 heavy (non-hydrogen) atoms. The Morgan fingerprint density at radius 1 is 1.70 bits per heavy atom. The van der Waals surface area contributed by atoms with Gasteiger partial charge in [-0.1, -0.05) is 0 Å². The van der Waals surface area contributed by atoms with Gasteiger partial charge in [-0.25, -0.2) is 0 Å². The summed E-state index contributed by atoms with van der Waals surface area (Å²) in [5.74, 6) is 1.05. The smallest absolute Gasteiger partial charge is 0.193 e. The molecule has 1 N–H and O–H groups in total. The molecule has 0 aromatic carbocycles. The zero-order valence-corrected chi connectivity index (χ0v) is 6.72. The maximum atomic E-state index is 4.33. The lowest BCUT2D eigenvalue weighted by Gasteiger charge is -2.24. The summed E-state index contributed by atoms with van der Waals surface area (Å²) in [7, 11) is 2.07. The lowest BCUT2D eigenvalue weighted by atomic mass is 10.3. The molecule has 1 aliphatic rings. The molecule has 3 nitrogen and oxygen atoms in total. The van der Waals surface area contributed by atoms with Crippen molar-refractivity contribution < 1.29 is 0 Å². The van der Waals surface area contributed by atoms with Crippen molar-refractivity contribution in [2.75, 3.05) is 26.7 Å². The fourth-order valence-electron chi connectivity index (χ4n) is 1.07. The fourth-order valence-corrected chi connectivity index (χ4v) is 1.07. The van der Waals surface area contributed by atoms with Crippen LogP contribution in [-0.4, -0.2) is 37.5 Å². The van der Waals surface area contributed by atoms with Crippen LogP contribution in [0.4, 0.5) is 0 Å². The lowest BCUT2D eigenvalue weighted by molar-refractivity contribution is 0.448. The van der Waals surface area contributed by atoms with Crippen molar-refractivity contribution >= 4 is 5.96 Å². The molecule has 0 atom stereocenters. The number of aliphatic imine (C=N–C) groups is 1. The predicted octanol–water partition coefficient (Wildman–Crippen LogP) is 0.287. The van der Waals surface area contributed by atoms with E-state index in [0.29, 0.717) is 0 Å². The number of rotatable bonds is 1. The minimum Gasteiger partial charge on any atom is -0.357 e. The summed E-state index contributed by atoms with van der Waals surface area (Å²) in [5, 5.41) is 3.21. The molecule has 1 aliphatic heterocycles. The summed E-state index contributed by atoms with van der Waals surface area (Å²) >= 11 is 0. The van der Waals surface area contributed by atoms with Gasteiger partial charge in [0.2, 0.25) is 0 Å². The highest BCUT2D eigenvalue weighted by Gasteiger charge is 2.07. The first-order valence-electron chi connectivity index (χ1n) is 3.84. The molecule has 1 heterocycles. The van der Waals surface area contributed by atoms with Crippen LogP contribution < -0.4 is 5.32 Å². The second-order valence-corrected chi connectivity index (χ2v) is 2.51. The highest BCUT2D eigenvalue weighted by Crippen LogP contribution is 1.96. The molecule has 1 rings (SSSR count). The quantitative estimate of drug-likeness (QED) is 0.568. The fraction of sp³-hybridized carbons (Fsp3) is 0.857. The monoisotopic (exact) mass is 141 g/mol. The molecule has 0 bridgehead atoms. The molecule has 3 heteroatoms. The van der Waals surface area contributed by atoms with Gasteiger partial charge in [-0.2, -0.15) is 0 Å². The van der Waals surface area contributed by atoms with Crippen LogP contribution in [0.15, 0.2) is 4.99 Å². The number of nitrogens with one attached hydrogen (secondary N) is 1. The van der Waals surface area contributed by atoms with Gasteiger partial charge in [0.15, 0.2) is 5.96 Å². The molecule has 0 aromatic rings. The Bertz CT molecular complexity index is 131. The first kappa shape index (κ1) is 7.38. The van der Waals surface area contributed by atoms with Crippen molar-refractivity contribution in [3.8, 4) is 0 Å². The Hall–Kier alpha value is -0.730. The zero-order valence-electron chi connectivity index (χ0n) is 6.72.